The lowest BCUT2D eigenvalue weighted by Crippen LogP contribution is -2.29. The maximum Gasteiger partial charge on any atom is 0.120 e. The Bertz CT molecular complexity index is 371. The number of nitrogens with one attached hydrogen (secondary N) is 1. The van der Waals surface area contributed by atoms with Crippen molar-refractivity contribution in [3.8, 4) is 11.5 Å². The highest BCUT2D eigenvalue weighted by Crippen LogP contribution is 2.28. The van der Waals surface area contributed by atoms with Crippen molar-refractivity contribution in [2.24, 2.45) is 0 Å². The van der Waals surface area contributed by atoms with E-state index in [9.17, 15) is 5.11 Å². The van der Waals surface area contributed by atoms with Gasteiger partial charge in [0, 0.05) is 17.6 Å². The summed E-state index contributed by atoms with van der Waals surface area (Å²) in [7, 11) is 1.63. The number of thioether (sulfide) groups is 1. The van der Waals surface area contributed by atoms with Gasteiger partial charge < -0.3 is 15.2 Å². The third-order valence-electron chi connectivity index (χ3n) is 2.99. The molecule has 0 aliphatic carbocycles. The van der Waals surface area contributed by atoms with Crippen molar-refractivity contribution >= 4 is 11.8 Å². The van der Waals surface area contributed by atoms with Crippen molar-refractivity contribution in [3.63, 3.8) is 0 Å². The summed E-state index contributed by atoms with van der Waals surface area (Å²) >= 11 is 1.85. The molecule has 18 heavy (non-hydrogen) atoms. The van der Waals surface area contributed by atoms with Crippen molar-refractivity contribution in [2.75, 3.05) is 19.1 Å². The van der Waals surface area contributed by atoms with E-state index in [0.717, 1.165) is 23.5 Å². The van der Waals surface area contributed by atoms with E-state index in [1.807, 2.05) is 17.8 Å². The second-order valence-electron chi connectivity index (χ2n) is 4.50. The van der Waals surface area contributed by atoms with Gasteiger partial charge >= 0.3 is 0 Å². The molecule has 0 fully saturated rings. The lowest BCUT2D eigenvalue weighted by atomic mass is 10.1. The zero-order valence-electron chi connectivity index (χ0n) is 11.6. The number of hydrogen-bond donors (Lipinski definition) is 2. The molecule has 0 saturated heterocycles. The van der Waals surface area contributed by atoms with Crippen LogP contribution in [0.15, 0.2) is 18.2 Å². The quantitative estimate of drug-likeness (QED) is 0.797. The normalized spacial score (nSPS) is 14.2. The molecule has 0 bridgehead atoms. The Hall–Kier alpha value is -0.870. The van der Waals surface area contributed by atoms with Crippen molar-refractivity contribution in [1.29, 1.82) is 0 Å². The average Bonchev–Trinajstić information content (AvgIpc) is 2.36. The van der Waals surface area contributed by atoms with Gasteiger partial charge in [0.2, 0.25) is 0 Å². The lowest BCUT2D eigenvalue weighted by Gasteiger charge is -2.21. The van der Waals surface area contributed by atoms with Crippen molar-refractivity contribution in [1.82, 2.24) is 5.32 Å². The fourth-order valence-corrected chi connectivity index (χ4v) is 2.49. The molecule has 2 N–H and O–H groups in total. The van der Waals surface area contributed by atoms with E-state index in [-0.39, 0.29) is 6.04 Å². The van der Waals surface area contributed by atoms with Crippen LogP contribution >= 0.6 is 11.8 Å². The predicted molar refractivity (Wildman–Crippen MR) is 78.7 cm³/mol. The number of phenols is 1. The zero-order valence-corrected chi connectivity index (χ0v) is 12.4. The summed E-state index contributed by atoms with van der Waals surface area (Å²) in [6, 6.07) is 5.87. The van der Waals surface area contributed by atoms with E-state index in [1.54, 1.807) is 19.2 Å². The van der Waals surface area contributed by atoms with Gasteiger partial charge in [0.25, 0.3) is 0 Å². The Kier molecular flexibility index (Phi) is 6.36. The number of ether oxygens (including phenoxy) is 1. The summed E-state index contributed by atoms with van der Waals surface area (Å²) in [5.74, 6) is 2.23. The molecule has 0 radical (unpaired) electrons. The van der Waals surface area contributed by atoms with E-state index in [1.165, 1.54) is 0 Å². The molecule has 2 atom stereocenters. The fraction of sp³-hybridized carbons (Fsp3) is 0.571. The molecule has 0 heterocycles. The summed E-state index contributed by atoms with van der Waals surface area (Å²) in [6.45, 7) is 4.23. The zero-order chi connectivity index (χ0) is 13.5. The molecule has 4 heteroatoms. The number of phenolic OH excluding ortho intramolecular Hbond substituents is 1. The minimum atomic E-state index is 0.108. The number of methoxy groups -OCH3 is 1. The molecular formula is C14H23NO2S. The standard InChI is InChI=1S/C14H23NO2S/c1-10(7-8-18-4)15-11(2)13-9-12(17-3)5-6-14(13)16/h5-6,9-11,15-16H,7-8H2,1-4H3. The van der Waals surface area contributed by atoms with Crippen molar-refractivity contribution in [3.05, 3.63) is 23.8 Å². The third kappa shape index (κ3) is 4.42. The Labute approximate surface area is 114 Å². The lowest BCUT2D eigenvalue weighted by molar-refractivity contribution is 0.403. The predicted octanol–water partition coefficient (Wildman–Crippen LogP) is 3.19. The van der Waals surface area contributed by atoms with Gasteiger partial charge in [0.15, 0.2) is 0 Å². The highest BCUT2D eigenvalue weighted by molar-refractivity contribution is 7.98. The Morgan fingerprint density at radius 1 is 1.39 bits per heavy atom. The Morgan fingerprint density at radius 3 is 2.72 bits per heavy atom. The van der Waals surface area contributed by atoms with Crippen LogP contribution in [0.1, 0.15) is 31.9 Å². The smallest absolute Gasteiger partial charge is 0.120 e. The Morgan fingerprint density at radius 2 is 2.11 bits per heavy atom. The van der Waals surface area contributed by atoms with Crippen LogP contribution in [0.4, 0.5) is 0 Å². The highest BCUT2D eigenvalue weighted by Gasteiger charge is 2.13. The molecule has 0 aliphatic rings. The summed E-state index contributed by atoms with van der Waals surface area (Å²) in [5.41, 5.74) is 0.880. The van der Waals surface area contributed by atoms with E-state index < -0.39 is 0 Å². The number of benzene rings is 1. The summed E-state index contributed by atoms with van der Waals surface area (Å²) in [5, 5.41) is 13.4. The summed E-state index contributed by atoms with van der Waals surface area (Å²) < 4.78 is 5.19. The van der Waals surface area contributed by atoms with Crippen LogP contribution in [0.25, 0.3) is 0 Å². The molecular weight excluding hydrogens is 246 g/mol. The van der Waals surface area contributed by atoms with E-state index >= 15 is 0 Å². The first-order valence-electron chi connectivity index (χ1n) is 6.20. The van der Waals surface area contributed by atoms with Crippen LogP contribution in [0, 0.1) is 0 Å². The van der Waals surface area contributed by atoms with Gasteiger partial charge in [-0.2, -0.15) is 11.8 Å². The molecule has 1 aromatic rings. The molecule has 0 saturated carbocycles. The molecule has 1 rings (SSSR count). The van der Waals surface area contributed by atoms with Gasteiger partial charge in [-0.1, -0.05) is 0 Å². The number of aromatic hydroxyl groups is 1. The second kappa shape index (κ2) is 7.54. The monoisotopic (exact) mass is 269 g/mol. The third-order valence-corrected chi connectivity index (χ3v) is 3.63. The fourth-order valence-electron chi connectivity index (χ4n) is 1.90. The van der Waals surface area contributed by atoms with Gasteiger partial charge in [-0.15, -0.1) is 0 Å². The van der Waals surface area contributed by atoms with Gasteiger partial charge in [-0.25, -0.2) is 0 Å². The van der Waals surface area contributed by atoms with Crippen molar-refractivity contribution < 1.29 is 9.84 Å². The first-order valence-corrected chi connectivity index (χ1v) is 7.59. The first kappa shape index (κ1) is 15.2. The van der Waals surface area contributed by atoms with Crippen LogP contribution in [0.5, 0.6) is 11.5 Å². The maximum absolute atomic E-state index is 9.89. The van der Waals surface area contributed by atoms with Gasteiger partial charge in [-0.3, -0.25) is 0 Å². The van der Waals surface area contributed by atoms with Crippen molar-refractivity contribution in [2.45, 2.75) is 32.4 Å². The molecule has 0 aromatic heterocycles. The number of rotatable bonds is 7. The van der Waals surface area contributed by atoms with E-state index in [0.29, 0.717) is 11.8 Å². The van der Waals surface area contributed by atoms with E-state index in [2.05, 4.69) is 25.4 Å². The molecule has 0 aliphatic heterocycles. The molecule has 3 nitrogen and oxygen atoms in total. The second-order valence-corrected chi connectivity index (χ2v) is 5.48. The van der Waals surface area contributed by atoms with E-state index in [4.69, 9.17) is 4.74 Å². The minimum Gasteiger partial charge on any atom is -0.508 e. The van der Waals surface area contributed by atoms with Gasteiger partial charge in [0.05, 0.1) is 7.11 Å². The molecule has 0 amide bonds. The molecule has 2 unspecified atom stereocenters. The average molecular weight is 269 g/mol. The largest absolute Gasteiger partial charge is 0.508 e. The SMILES string of the molecule is COc1ccc(O)c(C(C)NC(C)CCSC)c1. The van der Waals surface area contributed by atoms with Crippen LogP contribution in [0.2, 0.25) is 0 Å². The van der Waals surface area contributed by atoms with Crippen LogP contribution in [-0.2, 0) is 0 Å². The maximum atomic E-state index is 9.89. The van der Waals surface area contributed by atoms with Gasteiger partial charge in [-0.05, 0) is 50.5 Å². The topological polar surface area (TPSA) is 41.5 Å². The van der Waals surface area contributed by atoms with Crippen LogP contribution < -0.4 is 10.1 Å². The highest BCUT2D eigenvalue weighted by atomic mass is 32.2. The Balaban J connectivity index is 2.67. The minimum absolute atomic E-state index is 0.108. The van der Waals surface area contributed by atoms with Gasteiger partial charge in [0.1, 0.15) is 11.5 Å². The first-order chi connectivity index (χ1) is 8.58. The van der Waals surface area contributed by atoms with Crippen LogP contribution in [-0.4, -0.2) is 30.3 Å². The summed E-state index contributed by atoms with van der Waals surface area (Å²) in [4.78, 5) is 0. The molecule has 0 spiro atoms. The molecule has 1 aromatic carbocycles. The van der Waals surface area contributed by atoms with Crippen LogP contribution in [0.3, 0.4) is 0 Å². The number of hydrogen-bond acceptors (Lipinski definition) is 4. The molecule has 102 valence electrons. The summed E-state index contributed by atoms with van der Waals surface area (Å²) in [6.07, 6.45) is 3.24.